The Bertz CT molecular complexity index is 4010. The average molecular weight is 1350 g/mol. The molecular weight excluding hydrogens is 1290 g/mol. The number of methoxy groups -OCH3 is 1. The summed E-state index contributed by atoms with van der Waals surface area (Å²) in [7, 11) is 2.92. The monoisotopic (exact) mass is 1350 g/mol. The van der Waals surface area contributed by atoms with Gasteiger partial charge in [0.15, 0.2) is 0 Å². The van der Waals surface area contributed by atoms with Crippen molar-refractivity contribution >= 4 is 121 Å². The van der Waals surface area contributed by atoms with Crippen molar-refractivity contribution in [2.75, 3.05) is 32.1 Å². The number of benzene rings is 1. The second kappa shape index (κ2) is 29.3. The maximum Gasteiger partial charge on any atom is 0.415 e. The molecule has 1 fully saturated rings. The summed E-state index contributed by atoms with van der Waals surface area (Å²) in [6.45, 7) is 4.93. The summed E-state index contributed by atoms with van der Waals surface area (Å²) in [4.78, 5) is 143. The van der Waals surface area contributed by atoms with Crippen molar-refractivity contribution < 1.29 is 63.1 Å². The van der Waals surface area contributed by atoms with Crippen molar-refractivity contribution in [1.82, 2.24) is 61.5 Å². The van der Waals surface area contributed by atoms with Crippen LogP contribution in [-0.4, -0.2) is 131 Å². The van der Waals surface area contributed by atoms with E-state index in [1.807, 2.05) is 13.8 Å². The highest BCUT2D eigenvalue weighted by Gasteiger charge is 2.36. The number of hydrogen-bond donors (Lipinski definition) is 8. The van der Waals surface area contributed by atoms with Crippen LogP contribution in [0.25, 0.3) is 43.4 Å². The van der Waals surface area contributed by atoms with E-state index in [4.69, 9.17) is 44.4 Å². The van der Waals surface area contributed by atoms with Crippen molar-refractivity contribution in [2.24, 2.45) is 11.8 Å². The number of carbonyl (C=O) groups is 8. The van der Waals surface area contributed by atoms with E-state index in [1.165, 1.54) is 41.7 Å². The molecule has 8 N–H and O–H groups in total. The van der Waals surface area contributed by atoms with Gasteiger partial charge in [0.05, 0.1) is 48.1 Å². The lowest BCUT2D eigenvalue weighted by molar-refractivity contribution is -0.142. The Morgan fingerprint density at radius 2 is 1.44 bits per heavy atom. The fourth-order valence-electron chi connectivity index (χ4n) is 10.0. The van der Waals surface area contributed by atoms with Crippen LogP contribution in [0.4, 0.5) is 10.6 Å². The Hall–Kier alpha value is -8.37. The molecule has 7 aromatic heterocycles. The van der Waals surface area contributed by atoms with Crippen molar-refractivity contribution in [1.29, 1.82) is 0 Å². The van der Waals surface area contributed by atoms with E-state index in [2.05, 4.69) is 26.6 Å². The lowest BCUT2D eigenvalue weighted by Crippen LogP contribution is -2.40. The Balaban J connectivity index is 1.04. The molecule has 6 atom stereocenters. The number of fused-ring (bicyclic) bond motifs is 14. The summed E-state index contributed by atoms with van der Waals surface area (Å²) in [5, 5.41) is 53.7. The largest absolute Gasteiger partial charge is 0.481 e. The second-order valence-corrected chi connectivity index (χ2v) is 27.3. The summed E-state index contributed by atoms with van der Waals surface area (Å²) in [5.41, 5.74) is 2.31. The van der Waals surface area contributed by atoms with Gasteiger partial charge in [-0.2, -0.15) is 0 Å². The fourth-order valence-corrected chi connectivity index (χ4v) is 15.6. The summed E-state index contributed by atoms with van der Waals surface area (Å²) < 4.78 is 11.3. The predicted octanol–water partition coefficient (Wildman–Crippen LogP) is 8.76. The van der Waals surface area contributed by atoms with Crippen LogP contribution in [0.3, 0.4) is 0 Å². The number of aliphatic hydroxyl groups excluding tert-OH is 1. The van der Waals surface area contributed by atoms with Gasteiger partial charge in [-0.1, -0.05) is 44.2 Å². The number of hydrogen-bond acceptors (Lipinski definition) is 24. The summed E-state index contributed by atoms with van der Waals surface area (Å²) in [5.74, 6) is -5.69. The second-order valence-electron chi connectivity index (χ2n) is 21.5. The molecule has 10 bridgehead atoms. The number of aromatic nitrogens is 7. The van der Waals surface area contributed by atoms with Gasteiger partial charge >= 0.3 is 18.0 Å². The molecule has 1 unspecified atom stereocenters. The molecule has 1 aliphatic carbocycles. The number of unbranched alkanes of at least 4 members (excludes halogenated alkanes) is 1. The van der Waals surface area contributed by atoms with Gasteiger partial charge < -0.3 is 51.4 Å². The third kappa shape index (κ3) is 15.5. The van der Waals surface area contributed by atoms with E-state index in [0.29, 0.717) is 88.0 Å². The molecule has 10 rings (SSSR count). The van der Waals surface area contributed by atoms with Gasteiger partial charge in [0.1, 0.15) is 88.3 Å². The highest BCUT2D eigenvalue weighted by molar-refractivity contribution is 7.15. The Morgan fingerprint density at radius 1 is 0.714 bits per heavy atom. The summed E-state index contributed by atoms with van der Waals surface area (Å²) >= 11 is 6.98. The highest BCUT2D eigenvalue weighted by atomic mass is 32.1. The van der Waals surface area contributed by atoms with Crippen LogP contribution < -0.4 is 31.5 Å². The van der Waals surface area contributed by atoms with E-state index in [0.717, 1.165) is 45.3 Å². The molecule has 476 valence electrons. The lowest BCUT2D eigenvalue weighted by atomic mass is 10.0. The van der Waals surface area contributed by atoms with Crippen LogP contribution in [0.1, 0.15) is 145 Å². The van der Waals surface area contributed by atoms with Gasteiger partial charge in [0.2, 0.25) is 11.8 Å². The number of anilines is 1. The third-order valence-corrected chi connectivity index (χ3v) is 20.5. The number of nitrogens with zero attached hydrogens (tertiary/aromatic N) is 8. The Kier molecular flexibility index (Phi) is 21.1. The number of carboxylic acid groups (broad SMARTS) is 2. The number of ether oxygens (including phenoxy) is 2. The molecule has 32 heteroatoms. The van der Waals surface area contributed by atoms with Gasteiger partial charge in [-0.3, -0.25) is 38.5 Å². The maximum atomic E-state index is 14.4. The molecule has 0 spiro atoms. The van der Waals surface area contributed by atoms with Gasteiger partial charge in [0, 0.05) is 59.1 Å². The molecule has 0 radical (unpaired) electrons. The fraction of sp³-hybridized carbons (Fsp3) is 0.373. The first-order chi connectivity index (χ1) is 43.7. The number of carbonyl (C=O) groups excluding carboxylic acids is 6. The molecule has 1 saturated carbocycles. The van der Waals surface area contributed by atoms with Crippen molar-refractivity contribution in [3.05, 3.63) is 111 Å². The van der Waals surface area contributed by atoms with Crippen LogP contribution in [0.15, 0.2) is 64.0 Å². The van der Waals surface area contributed by atoms with Crippen molar-refractivity contribution in [3.63, 3.8) is 0 Å². The highest BCUT2D eigenvalue weighted by Crippen LogP contribution is 2.41. The van der Waals surface area contributed by atoms with Crippen LogP contribution in [0, 0.1) is 18.8 Å². The number of carboxylic acids is 2. The first-order valence-corrected chi connectivity index (χ1v) is 33.8. The van der Waals surface area contributed by atoms with E-state index in [9.17, 15) is 53.7 Å². The molecule has 1 aliphatic heterocycles. The SMILES string of the molecule is CNC(=O)C[C@@H]1NC(=O)c2csc(n2)-c2ccc(-c3nc(N(CCCCC(=O)O)C(=O)O[C@H]4CC[C@H](C(=O)O)C4)cs3)nc2-c2csc(n2)-c2csc(n2)[C@H]([C@@H](O)c2ccccc2)NC(=O)CNC(=O)c2nc(sc2COC)C(C(C)C)NC(=O)c2nc1sc2C. The Morgan fingerprint density at radius 3 is 2.18 bits per heavy atom. The number of aliphatic carboxylic acids is 2. The molecule has 0 saturated heterocycles. The number of nitrogens with one attached hydrogen (secondary N) is 5. The van der Waals surface area contributed by atoms with Crippen LogP contribution >= 0.6 is 68.0 Å². The summed E-state index contributed by atoms with van der Waals surface area (Å²) in [6.07, 6.45) is -1.68. The topological polar surface area (TPSA) is 369 Å². The Labute approximate surface area is 544 Å². The van der Waals surface area contributed by atoms with E-state index in [1.54, 1.807) is 70.9 Å². The minimum absolute atomic E-state index is 0.0134. The van der Waals surface area contributed by atoms with Crippen LogP contribution in [-0.2, 0) is 35.3 Å². The molecule has 8 heterocycles. The lowest BCUT2D eigenvalue weighted by Gasteiger charge is -2.23. The zero-order chi connectivity index (χ0) is 64.6. The van der Waals surface area contributed by atoms with Gasteiger partial charge in [-0.25, -0.2) is 39.7 Å². The van der Waals surface area contributed by atoms with E-state index in [-0.39, 0.29) is 72.7 Å². The van der Waals surface area contributed by atoms with Gasteiger partial charge in [0.25, 0.3) is 17.7 Å². The zero-order valence-electron chi connectivity index (χ0n) is 49.4. The third-order valence-electron chi connectivity index (χ3n) is 14.8. The van der Waals surface area contributed by atoms with Crippen molar-refractivity contribution in [3.8, 4) is 43.4 Å². The first kappa shape index (κ1) is 65.6. The molecule has 1 aromatic carbocycles. The number of pyridine rings is 1. The van der Waals surface area contributed by atoms with E-state index < -0.39 is 90.4 Å². The van der Waals surface area contributed by atoms with Crippen molar-refractivity contribution in [2.45, 2.75) is 103 Å². The maximum absolute atomic E-state index is 14.4. The quantitative estimate of drug-likeness (QED) is 0.0419. The smallest absolute Gasteiger partial charge is 0.415 e. The van der Waals surface area contributed by atoms with Crippen LogP contribution in [0.2, 0.25) is 0 Å². The summed E-state index contributed by atoms with van der Waals surface area (Å²) in [6, 6.07) is 9.24. The van der Waals surface area contributed by atoms with Gasteiger partial charge in [-0.15, -0.1) is 68.0 Å². The minimum atomic E-state index is -1.31. The molecule has 91 heavy (non-hydrogen) atoms. The number of aryl methyl sites for hydroxylation is 1. The molecular formula is C59H61N13O13S6. The molecule has 8 aromatic rings. The minimum Gasteiger partial charge on any atom is -0.481 e. The van der Waals surface area contributed by atoms with Crippen LogP contribution in [0.5, 0.6) is 0 Å². The molecule has 2 aliphatic rings. The number of aliphatic hydroxyl groups is 1. The predicted molar refractivity (Wildman–Crippen MR) is 341 cm³/mol. The number of thiazole rings is 6. The first-order valence-electron chi connectivity index (χ1n) is 28.6. The zero-order valence-corrected chi connectivity index (χ0v) is 54.3. The van der Waals surface area contributed by atoms with E-state index >= 15 is 0 Å². The molecule has 26 nitrogen and oxygen atoms in total. The normalized spacial score (nSPS) is 18.3. The number of rotatable bonds is 16. The van der Waals surface area contributed by atoms with Gasteiger partial charge in [-0.05, 0) is 62.6 Å². The molecule has 6 amide bonds. The standard InChI is InChI=1S/C59H61N13O13S6/c1-27(2)43-57-71-46(38(91-57)22-84-5)50(79)61-21-41(74)68-47(48(77)29-11-7-6-8-12-29)56-66-37(25-88-56)54-64-35(23-87-54)45-32(52-65-36(24-86-52)49(78)63-34(20-40(73)60-4)55-70-44(28(3)90-55)51(80)69-43)16-17-33(62-45)53-67-39(26-89-53)72(18-10-9-13-42(75)76)59(83)85-31-15-14-30(19-31)58(81)82/h6-8,11-12,16-17,23-27,30-31,34,43,47-48,77H,9-10,13-15,18-22H2,1-5H3,(H,60,73)(H,61,79)(H,63,78)(H,68,74)(H,69,80)(H,75,76)(H,81,82)/t30-,31-,34-,43?,47-,48-/m0/s1. The number of amides is 6. The average Bonchev–Trinajstić information content (AvgIpc) is 1.85.